The van der Waals surface area contributed by atoms with Gasteiger partial charge in [-0.25, -0.2) is 9.78 Å². The van der Waals surface area contributed by atoms with Crippen LogP contribution in [0.1, 0.15) is 16.8 Å². The third-order valence-corrected chi connectivity index (χ3v) is 3.61. The molecule has 2 rings (SSSR count). The van der Waals surface area contributed by atoms with Crippen LogP contribution in [0.4, 0.5) is 0 Å². The van der Waals surface area contributed by atoms with Crippen LogP contribution in [0.3, 0.4) is 0 Å². The molecule has 1 aromatic rings. The van der Waals surface area contributed by atoms with E-state index in [1.54, 1.807) is 11.3 Å². The summed E-state index contributed by atoms with van der Waals surface area (Å²) >= 11 is 1.70. The number of aryl methyl sites for hydroxylation is 1. The van der Waals surface area contributed by atoms with Crippen LogP contribution < -0.4 is 0 Å². The Bertz CT molecular complexity index is 413. The third kappa shape index (κ3) is 3.24. The summed E-state index contributed by atoms with van der Waals surface area (Å²) in [6, 6.07) is 0. The molecular weight excluding hydrogens is 240 g/mol. The van der Waals surface area contributed by atoms with Gasteiger partial charge in [-0.1, -0.05) is 0 Å². The molecule has 1 saturated heterocycles. The van der Waals surface area contributed by atoms with Crippen molar-refractivity contribution >= 4 is 17.3 Å². The van der Waals surface area contributed by atoms with Crippen LogP contribution in [0.15, 0.2) is 6.20 Å². The lowest BCUT2D eigenvalue weighted by molar-refractivity contribution is -0.165. The molecule has 1 aliphatic rings. The predicted octanol–water partition coefficient (Wildman–Crippen LogP) is 1.13. The Morgan fingerprint density at radius 1 is 1.71 bits per heavy atom. The Kier molecular flexibility index (Phi) is 3.46. The molecule has 0 unspecified atom stereocenters. The number of ether oxygens (including phenoxy) is 1. The highest BCUT2D eigenvalue weighted by Crippen LogP contribution is 2.27. The van der Waals surface area contributed by atoms with Crippen molar-refractivity contribution < 1.29 is 14.6 Å². The van der Waals surface area contributed by atoms with E-state index in [0.29, 0.717) is 0 Å². The van der Waals surface area contributed by atoms with Crippen LogP contribution in [-0.2, 0) is 16.1 Å². The van der Waals surface area contributed by atoms with Gasteiger partial charge in [-0.15, -0.1) is 11.3 Å². The minimum Gasteiger partial charge on any atom is -0.480 e. The van der Waals surface area contributed by atoms with Crippen molar-refractivity contribution in [1.82, 2.24) is 9.88 Å². The predicted molar refractivity (Wildman–Crippen MR) is 64.1 cm³/mol. The summed E-state index contributed by atoms with van der Waals surface area (Å²) in [4.78, 5) is 18.1. The van der Waals surface area contributed by atoms with E-state index in [1.165, 1.54) is 4.88 Å². The van der Waals surface area contributed by atoms with Crippen molar-refractivity contribution in [3.8, 4) is 0 Å². The number of thiazole rings is 1. The molecule has 2 heterocycles. The van der Waals surface area contributed by atoms with Crippen molar-refractivity contribution in [3.05, 3.63) is 16.1 Å². The number of hydrogen-bond acceptors (Lipinski definition) is 5. The fourth-order valence-electron chi connectivity index (χ4n) is 2.04. The fourth-order valence-corrected chi connectivity index (χ4v) is 2.87. The van der Waals surface area contributed by atoms with Crippen LogP contribution in [0, 0.1) is 6.92 Å². The maximum atomic E-state index is 10.4. The largest absolute Gasteiger partial charge is 0.480 e. The van der Waals surface area contributed by atoms with E-state index in [2.05, 4.69) is 9.88 Å². The molecular formula is C11H16N2O3S. The van der Waals surface area contributed by atoms with E-state index in [-0.39, 0.29) is 12.2 Å². The zero-order chi connectivity index (χ0) is 12.5. The van der Waals surface area contributed by atoms with E-state index in [9.17, 15) is 4.79 Å². The Morgan fingerprint density at radius 3 is 2.94 bits per heavy atom. The number of aromatic nitrogens is 1. The van der Waals surface area contributed by atoms with Crippen molar-refractivity contribution in [3.63, 3.8) is 0 Å². The third-order valence-electron chi connectivity index (χ3n) is 2.71. The van der Waals surface area contributed by atoms with Crippen molar-refractivity contribution in [2.45, 2.75) is 26.0 Å². The minimum absolute atomic E-state index is 0.218. The minimum atomic E-state index is -0.914. The zero-order valence-corrected chi connectivity index (χ0v) is 10.8. The first kappa shape index (κ1) is 12.5. The van der Waals surface area contributed by atoms with Gasteiger partial charge in [0.05, 0.1) is 10.6 Å². The lowest BCUT2D eigenvalue weighted by Gasteiger charge is -2.47. The van der Waals surface area contributed by atoms with E-state index in [0.717, 1.165) is 24.6 Å². The van der Waals surface area contributed by atoms with Crippen molar-refractivity contribution in [1.29, 1.82) is 0 Å². The SMILES string of the molecule is Cc1ncc(CN2CC(C)(OCC(=O)O)C2)s1. The summed E-state index contributed by atoms with van der Waals surface area (Å²) in [6.07, 6.45) is 1.90. The average Bonchev–Trinajstić information content (AvgIpc) is 2.59. The fraction of sp³-hybridized carbons (Fsp3) is 0.636. The first-order valence-corrected chi connectivity index (χ1v) is 6.28. The standard InChI is InChI=1S/C11H16N2O3S/c1-8-12-3-9(17-8)4-13-6-11(2,7-13)16-5-10(14)15/h3H,4-7H2,1-2H3,(H,14,15). The molecule has 17 heavy (non-hydrogen) atoms. The molecule has 1 aromatic heterocycles. The first-order valence-electron chi connectivity index (χ1n) is 5.46. The van der Waals surface area contributed by atoms with Gasteiger partial charge < -0.3 is 9.84 Å². The second-order valence-corrected chi connectivity index (χ2v) is 5.94. The molecule has 0 spiro atoms. The smallest absolute Gasteiger partial charge is 0.329 e. The molecule has 0 radical (unpaired) electrons. The number of carboxylic acid groups (broad SMARTS) is 1. The molecule has 0 aromatic carbocycles. The molecule has 94 valence electrons. The summed E-state index contributed by atoms with van der Waals surface area (Å²) in [6.45, 7) is 6.14. The van der Waals surface area contributed by atoms with Gasteiger partial charge >= 0.3 is 5.97 Å². The maximum absolute atomic E-state index is 10.4. The molecule has 5 nitrogen and oxygen atoms in total. The summed E-state index contributed by atoms with van der Waals surface area (Å²) in [5, 5.41) is 9.63. The van der Waals surface area contributed by atoms with Gasteiger partial charge in [-0.3, -0.25) is 4.90 Å². The number of likely N-dealkylation sites (tertiary alicyclic amines) is 1. The van der Waals surface area contributed by atoms with Crippen LogP contribution in [-0.4, -0.2) is 46.3 Å². The van der Waals surface area contributed by atoms with E-state index in [1.807, 2.05) is 20.0 Å². The van der Waals surface area contributed by atoms with Crippen LogP contribution in [0.25, 0.3) is 0 Å². The lowest BCUT2D eigenvalue weighted by Crippen LogP contribution is -2.61. The van der Waals surface area contributed by atoms with Gasteiger partial charge in [0, 0.05) is 30.7 Å². The van der Waals surface area contributed by atoms with Crippen LogP contribution >= 0.6 is 11.3 Å². The number of nitrogens with zero attached hydrogens (tertiary/aromatic N) is 2. The molecule has 0 saturated carbocycles. The van der Waals surface area contributed by atoms with Crippen LogP contribution in [0.5, 0.6) is 0 Å². The summed E-state index contributed by atoms with van der Waals surface area (Å²) in [5.74, 6) is -0.914. The number of rotatable bonds is 5. The molecule has 1 N–H and O–H groups in total. The molecule has 0 bridgehead atoms. The number of carboxylic acids is 1. The van der Waals surface area contributed by atoms with Gasteiger partial charge in [0.2, 0.25) is 0 Å². The molecule has 1 aliphatic heterocycles. The van der Waals surface area contributed by atoms with Gasteiger partial charge in [-0.2, -0.15) is 0 Å². The van der Waals surface area contributed by atoms with Gasteiger partial charge in [-0.05, 0) is 13.8 Å². The lowest BCUT2D eigenvalue weighted by atomic mass is 9.96. The Balaban J connectivity index is 1.76. The zero-order valence-electron chi connectivity index (χ0n) is 9.97. The molecule has 6 heteroatoms. The highest BCUT2D eigenvalue weighted by Gasteiger charge is 2.40. The summed E-state index contributed by atoms with van der Waals surface area (Å²) in [5.41, 5.74) is -0.307. The molecule has 0 amide bonds. The van der Waals surface area contributed by atoms with E-state index in [4.69, 9.17) is 9.84 Å². The summed E-state index contributed by atoms with van der Waals surface area (Å²) in [7, 11) is 0. The molecule has 0 atom stereocenters. The monoisotopic (exact) mass is 256 g/mol. The highest BCUT2D eigenvalue weighted by atomic mass is 32.1. The second kappa shape index (κ2) is 4.72. The summed E-state index contributed by atoms with van der Waals surface area (Å²) < 4.78 is 5.35. The Morgan fingerprint density at radius 2 is 2.41 bits per heavy atom. The molecule has 0 aliphatic carbocycles. The normalized spacial score (nSPS) is 18.9. The highest BCUT2D eigenvalue weighted by molar-refractivity contribution is 7.11. The van der Waals surface area contributed by atoms with E-state index < -0.39 is 5.97 Å². The second-order valence-electron chi connectivity index (χ2n) is 4.62. The van der Waals surface area contributed by atoms with Gasteiger partial charge in [0.15, 0.2) is 0 Å². The van der Waals surface area contributed by atoms with Crippen molar-refractivity contribution in [2.75, 3.05) is 19.7 Å². The maximum Gasteiger partial charge on any atom is 0.329 e. The first-order chi connectivity index (χ1) is 7.97. The van der Waals surface area contributed by atoms with E-state index >= 15 is 0 Å². The Labute approximate surface area is 104 Å². The Hall–Kier alpha value is -0.980. The molecule has 1 fully saturated rings. The van der Waals surface area contributed by atoms with Gasteiger partial charge in [0.1, 0.15) is 6.61 Å². The number of carbonyl (C=O) groups is 1. The number of hydrogen-bond donors (Lipinski definition) is 1. The quantitative estimate of drug-likeness (QED) is 0.855. The topological polar surface area (TPSA) is 62.7 Å². The van der Waals surface area contributed by atoms with Crippen molar-refractivity contribution in [2.24, 2.45) is 0 Å². The average molecular weight is 256 g/mol. The van der Waals surface area contributed by atoms with Gasteiger partial charge in [0.25, 0.3) is 0 Å². The van der Waals surface area contributed by atoms with Crippen LogP contribution in [0.2, 0.25) is 0 Å². The number of aliphatic carboxylic acids is 1.